The van der Waals surface area contributed by atoms with E-state index in [-0.39, 0.29) is 5.56 Å². The molecule has 2 heterocycles. The molecule has 0 saturated carbocycles. The quantitative estimate of drug-likeness (QED) is 0.484. The van der Waals surface area contributed by atoms with Crippen molar-refractivity contribution in [3.63, 3.8) is 0 Å². The lowest BCUT2D eigenvalue weighted by molar-refractivity contribution is 0.764. The van der Waals surface area contributed by atoms with Gasteiger partial charge in [0.1, 0.15) is 5.52 Å². The summed E-state index contributed by atoms with van der Waals surface area (Å²) in [6.07, 6.45) is 1.95. The van der Waals surface area contributed by atoms with Crippen LogP contribution in [-0.2, 0) is 6.54 Å². The molecule has 23 heavy (non-hydrogen) atoms. The van der Waals surface area contributed by atoms with Crippen molar-refractivity contribution in [3.05, 3.63) is 79.8 Å². The minimum atomic E-state index is 0.0260. The van der Waals surface area contributed by atoms with Gasteiger partial charge in [-0.25, -0.2) is 0 Å². The van der Waals surface area contributed by atoms with Crippen LogP contribution in [0, 0.1) is 10.5 Å². The van der Waals surface area contributed by atoms with E-state index in [9.17, 15) is 4.79 Å². The van der Waals surface area contributed by atoms with E-state index < -0.39 is 0 Å². The maximum Gasteiger partial charge on any atom is 0.275 e. The second-order valence-corrected chi connectivity index (χ2v) is 6.98. The van der Waals surface area contributed by atoms with Gasteiger partial charge in [0.05, 0.1) is 6.54 Å². The zero-order valence-corrected chi connectivity index (χ0v) is 14.8. The minimum Gasteiger partial charge on any atom is -0.350 e. The Bertz CT molecular complexity index is 1080. The first-order valence-electron chi connectivity index (χ1n) is 7.48. The van der Waals surface area contributed by atoms with Gasteiger partial charge < -0.3 is 9.55 Å². The number of aromatic nitrogens is 2. The summed E-state index contributed by atoms with van der Waals surface area (Å²) in [5.41, 5.74) is 4.05. The highest BCUT2D eigenvalue weighted by Gasteiger charge is 2.13. The highest BCUT2D eigenvalue weighted by molar-refractivity contribution is 14.1. The van der Waals surface area contributed by atoms with E-state index in [2.05, 4.69) is 46.6 Å². The van der Waals surface area contributed by atoms with Crippen molar-refractivity contribution < 1.29 is 0 Å². The summed E-state index contributed by atoms with van der Waals surface area (Å²) in [6.45, 7) is 2.65. The highest BCUT2D eigenvalue weighted by atomic mass is 127. The Labute approximate surface area is 147 Å². The zero-order valence-electron chi connectivity index (χ0n) is 12.6. The van der Waals surface area contributed by atoms with Crippen molar-refractivity contribution in [2.24, 2.45) is 0 Å². The van der Waals surface area contributed by atoms with Crippen LogP contribution in [0.3, 0.4) is 0 Å². The van der Waals surface area contributed by atoms with Gasteiger partial charge in [-0.1, -0.05) is 42.0 Å². The monoisotopic (exact) mass is 414 g/mol. The van der Waals surface area contributed by atoms with E-state index in [1.165, 1.54) is 5.56 Å². The fraction of sp³-hybridized carbons (Fsp3) is 0.105. The van der Waals surface area contributed by atoms with E-state index in [1.54, 1.807) is 4.57 Å². The summed E-state index contributed by atoms with van der Waals surface area (Å²) >= 11 is 2.32. The van der Waals surface area contributed by atoms with E-state index in [0.717, 1.165) is 25.4 Å². The number of fused-ring (bicyclic) bond motifs is 3. The topological polar surface area (TPSA) is 37.8 Å². The second kappa shape index (κ2) is 5.53. The van der Waals surface area contributed by atoms with Gasteiger partial charge >= 0.3 is 0 Å². The number of pyridine rings is 1. The van der Waals surface area contributed by atoms with Crippen molar-refractivity contribution in [1.82, 2.24) is 9.55 Å². The van der Waals surface area contributed by atoms with Crippen molar-refractivity contribution in [1.29, 1.82) is 0 Å². The first kappa shape index (κ1) is 14.5. The molecule has 2 aromatic heterocycles. The standard InChI is InChI=1S/C19H15IN2O/c1-12-7-8-16-14(9-12)17-15(20)11-22(19(23)18(17)21-16)10-13-5-3-2-4-6-13/h2-9,11,21H,10H2,1H3. The van der Waals surface area contributed by atoms with Gasteiger partial charge in [-0.2, -0.15) is 0 Å². The largest absolute Gasteiger partial charge is 0.350 e. The summed E-state index contributed by atoms with van der Waals surface area (Å²) in [4.78, 5) is 16.2. The predicted octanol–water partition coefficient (Wildman–Crippen LogP) is 4.44. The number of halogens is 1. The lowest BCUT2D eigenvalue weighted by atomic mass is 10.1. The molecule has 0 aliphatic rings. The minimum absolute atomic E-state index is 0.0260. The summed E-state index contributed by atoms with van der Waals surface area (Å²) in [6, 6.07) is 16.3. The van der Waals surface area contributed by atoms with Crippen molar-refractivity contribution in [2.45, 2.75) is 13.5 Å². The van der Waals surface area contributed by atoms with Gasteiger partial charge in [0.15, 0.2) is 0 Å². The number of nitrogens with one attached hydrogen (secondary N) is 1. The van der Waals surface area contributed by atoms with E-state index >= 15 is 0 Å². The average molecular weight is 414 g/mol. The Morgan fingerprint density at radius 1 is 1.13 bits per heavy atom. The van der Waals surface area contributed by atoms with E-state index in [4.69, 9.17) is 0 Å². The normalized spacial score (nSPS) is 11.4. The molecule has 0 saturated heterocycles. The molecule has 4 rings (SSSR count). The van der Waals surface area contributed by atoms with Gasteiger partial charge in [0, 0.05) is 26.1 Å². The van der Waals surface area contributed by atoms with Crippen LogP contribution >= 0.6 is 22.6 Å². The molecule has 0 radical (unpaired) electrons. The Balaban J connectivity index is 1.97. The molecule has 0 unspecified atom stereocenters. The molecule has 114 valence electrons. The number of H-pyrrole nitrogens is 1. The van der Waals surface area contributed by atoms with E-state index in [1.807, 2.05) is 42.6 Å². The molecular formula is C19H15IN2O. The molecule has 0 amide bonds. The molecule has 0 fully saturated rings. The average Bonchev–Trinajstić information content (AvgIpc) is 2.92. The Morgan fingerprint density at radius 2 is 1.91 bits per heavy atom. The number of hydrogen-bond donors (Lipinski definition) is 1. The maximum absolute atomic E-state index is 12.9. The zero-order chi connectivity index (χ0) is 16.0. The molecule has 1 N–H and O–H groups in total. The summed E-state index contributed by atoms with van der Waals surface area (Å²) in [5, 5.41) is 2.15. The summed E-state index contributed by atoms with van der Waals surface area (Å²) in [7, 11) is 0. The molecule has 0 aliphatic heterocycles. The molecule has 4 heteroatoms. The summed E-state index contributed by atoms with van der Waals surface area (Å²) in [5.74, 6) is 0. The van der Waals surface area contributed by atoms with Crippen LogP contribution in [0.15, 0.2) is 59.5 Å². The van der Waals surface area contributed by atoms with Crippen LogP contribution in [0.25, 0.3) is 21.8 Å². The van der Waals surface area contributed by atoms with Crippen LogP contribution in [0.5, 0.6) is 0 Å². The van der Waals surface area contributed by atoms with Crippen LogP contribution in [-0.4, -0.2) is 9.55 Å². The molecule has 0 aliphatic carbocycles. The Hall–Kier alpha value is -2.08. The third-order valence-electron chi connectivity index (χ3n) is 4.13. The first-order valence-corrected chi connectivity index (χ1v) is 8.56. The SMILES string of the molecule is Cc1ccc2[nH]c3c(=O)n(Cc4ccccc4)cc(I)c3c2c1. The smallest absolute Gasteiger partial charge is 0.275 e. The molecule has 0 spiro atoms. The van der Waals surface area contributed by atoms with Crippen LogP contribution in [0.4, 0.5) is 0 Å². The number of hydrogen-bond acceptors (Lipinski definition) is 1. The fourth-order valence-corrected chi connectivity index (χ4v) is 3.91. The first-order chi connectivity index (χ1) is 11.1. The number of nitrogens with zero attached hydrogens (tertiary/aromatic N) is 1. The van der Waals surface area contributed by atoms with Crippen molar-refractivity contribution in [3.8, 4) is 0 Å². The van der Waals surface area contributed by atoms with Crippen LogP contribution in [0.2, 0.25) is 0 Å². The highest BCUT2D eigenvalue weighted by Crippen LogP contribution is 2.28. The number of aryl methyl sites for hydroxylation is 1. The second-order valence-electron chi connectivity index (χ2n) is 5.82. The maximum atomic E-state index is 12.9. The molecule has 2 aromatic carbocycles. The molecule has 4 aromatic rings. The third-order valence-corrected chi connectivity index (χ3v) is 4.95. The lowest BCUT2D eigenvalue weighted by Gasteiger charge is -2.07. The predicted molar refractivity (Wildman–Crippen MR) is 103 cm³/mol. The molecule has 0 atom stereocenters. The molecular weight excluding hydrogens is 399 g/mol. The Morgan fingerprint density at radius 3 is 2.70 bits per heavy atom. The number of rotatable bonds is 2. The Kier molecular flexibility index (Phi) is 3.49. The number of benzene rings is 2. The molecule has 0 bridgehead atoms. The lowest BCUT2D eigenvalue weighted by Crippen LogP contribution is -2.21. The third kappa shape index (κ3) is 2.47. The van der Waals surface area contributed by atoms with Gasteiger partial charge in [0.2, 0.25) is 0 Å². The summed E-state index contributed by atoms with van der Waals surface area (Å²) < 4.78 is 2.87. The fourth-order valence-electron chi connectivity index (χ4n) is 3.02. The van der Waals surface area contributed by atoms with Crippen LogP contribution in [0.1, 0.15) is 11.1 Å². The number of aromatic amines is 1. The van der Waals surface area contributed by atoms with Crippen molar-refractivity contribution in [2.75, 3.05) is 0 Å². The van der Waals surface area contributed by atoms with Gasteiger partial charge in [-0.3, -0.25) is 4.79 Å². The van der Waals surface area contributed by atoms with Gasteiger partial charge in [0.25, 0.3) is 5.56 Å². The van der Waals surface area contributed by atoms with E-state index in [0.29, 0.717) is 12.1 Å². The molecule has 3 nitrogen and oxygen atoms in total. The van der Waals surface area contributed by atoms with Crippen molar-refractivity contribution >= 4 is 44.4 Å². The van der Waals surface area contributed by atoms with Crippen LogP contribution < -0.4 is 5.56 Å². The van der Waals surface area contributed by atoms with Gasteiger partial charge in [-0.15, -0.1) is 0 Å². The van der Waals surface area contributed by atoms with Gasteiger partial charge in [-0.05, 0) is 47.2 Å².